The first-order valence-corrected chi connectivity index (χ1v) is 14.3. The summed E-state index contributed by atoms with van der Waals surface area (Å²) in [4.78, 5) is 22.0. The van der Waals surface area contributed by atoms with E-state index in [9.17, 15) is 4.79 Å². The maximum Gasteiger partial charge on any atom is 0.358 e. The molecule has 0 bridgehead atoms. The standard InChI is InChI=1S/C26H27N3O2Si/c1-6-31-26(30)24-25-18(2)28-23(20-10-8-7-9-11-20)21-16-19(14-15-32(3,4)5)12-13-22(21)29(25)17-27-24/h7-13,16-18H,6H2,1-5H3. The molecule has 1 aromatic heterocycles. The fourth-order valence-electron chi connectivity index (χ4n) is 3.73. The zero-order chi connectivity index (χ0) is 22.9. The van der Waals surface area contributed by atoms with E-state index in [1.807, 2.05) is 41.8 Å². The number of imidazole rings is 1. The van der Waals surface area contributed by atoms with Crippen molar-refractivity contribution in [3.05, 3.63) is 82.9 Å². The molecule has 0 saturated carbocycles. The average molecular weight is 442 g/mol. The first kappa shape index (κ1) is 21.8. The van der Waals surface area contributed by atoms with E-state index >= 15 is 0 Å². The Hall–Kier alpha value is -3.43. The SMILES string of the molecule is CCOC(=O)c1ncn2c1C(C)N=C(c1ccccc1)c1cc(C#C[Si](C)(C)C)ccc1-2. The lowest BCUT2D eigenvalue weighted by Gasteiger charge is -2.13. The number of hydrogen-bond acceptors (Lipinski definition) is 4. The Kier molecular flexibility index (Phi) is 5.85. The van der Waals surface area contributed by atoms with Gasteiger partial charge in [-0.3, -0.25) is 9.56 Å². The normalized spacial score (nSPS) is 14.9. The molecule has 0 spiro atoms. The van der Waals surface area contributed by atoms with E-state index in [-0.39, 0.29) is 6.04 Å². The van der Waals surface area contributed by atoms with E-state index < -0.39 is 14.0 Å². The highest BCUT2D eigenvalue weighted by Crippen LogP contribution is 2.33. The number of fused-ring (bicyclic) bond motifs is 3. The Morgan fingerprint density at radius 2 is 1.91 bits per heavy atom. The van der Waals surface area contributed by atoms with Gasteiger partial charge in [-0.2, -0.15) is 0 Å². The number of carbonyl (C=O) groups excluding carboxylic acids is 1. The third-order valence-electron chi connectivity index (χ3n) is 5.13. The molecule has 0 N–H and O–H groups in total. The van der Waals surface area contributed by atoms with Crippen molar-refractivity contribution in [1.29, 1.82) is 0 Å². The summed E-state index contributed by atoms with van der Waals surface area (Å²) in [6.07, 6.45) is 1.69. The van der Waals surface area contributed by atoms with Crippen LogP contribution in [0.25, 0.3) is 5.69 Å². The van der Waals surface area contributed by atoms with Crippen molar-refractivity contribution in [2.75, 3.05) is 6.61 Å². The first-order chi connectivity index (χ1) is 15.3. The van der Waals surface area contributed by atoms with Gasteiger partial charge in [0.25, 0.3) is 0 Å². The van der Waals surface area contributed by atoms with Crippen LogP contribution in [0, 0.1) is 11.5 Å². The van der Waals surface area contributed by atoms with Crippen LogP contribution < -0.4 is 0 Å². The molecular formula is C26H27N3O2Si. The van der Waals surface area contributed by atoms with Gasteiger partial charge in [0.05, 0.1) is 29.7 Å². The molecule has 1 atom stereocenters. The number of nitrogens with zero attached hydrogens (tertiary/aromatic N) is 3. The van der Waals surface area contributed by atoms with Gasteiger partial charge in [0.1, 0.15) is 14.4 Å². The van der Waals surface area contributed by atoms with E-state index in [1.54, 1.807) is 13.3 Å². The fraction of sp³-hybridized carbons (Fsp3) is 0.269. The van der Waals surface area contributed by atoms with Crippen LogP contribution >= 0.6 is 0 Å². The van der Waals surface area contributed by atoms with Gasteiger partial charge < -0.3 is 4.74 Å². The number of esters is 1. The maximum atomic E-state index is 12.6. The predicted octanol–water partition coefficient (Wildman–Crippen LogP) is 5.19. The molecule has 1 unspecified atom stereocenters. The fourth-order valence-corrected chi connectivity index (χ4v) is 4.25. The summed E-state index contributed by atoms with van der Waals surface area (Å²) < 4.78 is 7.21. The van der Waals surface area contributed by atoms with E-state index in [0.29, 0.717) is 12.3 Å². The summed E-state index contributed by atoms with van der Waals surface area (Å²) in [5.74, 6) is 2.93. The second kappa shape index (κ2) is 8.60. The number of ether oxygens (including phenoxy) is 1. The molecule has 1 aliphatic rings. The van der Waals surface area contributed by atoms with Crippen LogP contribution in [0.15, 0.2) is 59.9 Å². The smallest absolute Gasteiger partial charge is 0.358 e. The predicted molar refractivity (Wildman–Crippen MR) is 130 cm³/mol. The Morgan fingerprint density at radius 3 is 2.59 bits per heavy atom. The van der Waals surface area contributed by atoms with Crippen LogP contribution in [-0.4, -0.2) is 35.9 Å². The Morgan fingerprint density at radius 1 is 1.16 bits per heavy atom. The molecule has 2 aromatic carbocycles. The van der Waals surface area contributed by atoms with E-state index in [2.05, 4.69) is 54.3 Å². The number of benzene rings is 2. The lowest BCUT2D eigenvalue weighted by molar-refractivity contribution is 0.0518. The maximum absolute atomic E-state index is 12.6. The lowest BCUT2D eigenvalue weighted by Crippen LogP contribution is -2.16. The summed E-state index contributed by atoms with van der Waals surface area (Å²) in [5.41, 5.74) is 9.24. The molecule has 0 aliphatic carbocycles. The average Bonchev–Trinajstić information content (AvgIpc) is 3.17. The third kappa shape index (κ3) is 4.30. The molecule has 32 heavy (non-hydrogen) atoms. The molecular weight excluding hydrogens is 414 g/mol. The van der Waals surface area contributed by atoms with Crippen LogP contribution in [0.2, 0.25) is 19.6 Å². The molecule has 3 aromatic rings. The summed E-state index contributed by atoms with van der Waals surface area (Å²) in [6.45, 7) is 10.8. The van der Waals surface area contributed by atoms with Gasteiger partial charge >= 0.3 is 5.97 Å². The Bertz CT molecular complexity index is 1260. The summed E-state index contributed by atoms with van der Waals surface area (Å²) in [6, 6.07) is 16.0. The molecule has 162 valence electrons. The highest BCUT2D eigenvalue weighted by atomic mass is 28.3. The van der Waals surface area contributed by atoms with E-state index in [4.69, 9.17) is 9.73 Å². The zero-order valence-corrected chi connectivity index (χ0v) is 20.1. The second-order valence-electron chi connectivity index (χ2n) is 8.82. The number of carbonyl (C=O) groups is 1. The molecule has 0 amide bonds. The summed E-state index contributed by atoms with van der Waals surface area (Å²) in [7, 11) is -1.51. The Labute approximate surface area is 190 Å². The third-order valence-corrected chi connectivity index (χ3v) is 6.01. The molecule has 0 fully saturated rings. The largest absolute Gasteiger partial charge is 0.461 e. The van der Waals surface area contributed by atoms with Crippen LogP contribution in [0.3, 0.4) is 0 Å². The van der Waals surface area contributed by atoms with Crippen LogP contribution in [0.5, 0.6) is 0 Å². The minimum atomic E-state index is -1.51. The van der Waals surface area contributed by atoms with E-state index in [0.717, 1.165) is 33.8 Å². The topological polar surface area (TPSA) is 56.5 Å². The van der Waals surface area contributed by atoms with Gasteiger partial charge in [-0.05, 0) is 32.0 Å². The number of aliphatic imine (C=N–C) groups is 1. The van der Waals surface area contributed by atoms with Crippen LogP contribution in [0.4, 0.5) is 0 Å². The lowest BCUT2D eigenvalue weighted by atomic mass is 9.98. The molecule has 6 heteroatoms. The molecule has 4 rings (SSSR count). The van der Waals surface area contributed by atoms with Crippen molar-refractivity contribution in [3.63, 3.8) is 0 Å². The monoisotopic (exact) mass is 441 g/mol. The minimum absolute atomic E-state index is 0.281. The molecule has 1 aliphatic heterocycles. The zero-order valence-electron chi connectivity index (χ0n) is 19.1. The van der Waals surface area contributed by atoms with Gasteiger partial charge in [-0.1, -0.05) is 55.9 Å². The van der Waals surface area contributed by atoms with Gasteiger partial charge in [0, 0.05) is 16.7 Å². The van der Waals surface area contributed by atoms with Crippen molar-refractivity contribution in [2.24, 2.45) is 4.99 Å². The quantitative estimate of drug-likeness (QED) is 0.319. The summed E-state index contributed by atoms with van der Waals surface area (Å²) in [5, 5.41) is 0. The first-order valence-electron chi connectivity index (χ1n) is 10.8. The van der Waals surface area contributed by atoms with Gasteiger partial charge in [0.2, 0.25) is 0 Å². The Balaban J connectivity index is 1.95. The number of aromatic nitrogens is 2. The molecule has 5 nitrogen and oxygen atoms in total. The summed E-state index contributed by atoms with van der Waals surface area (Å²) >= 11 is 0. The van der Waals surface area contributed by atoms with Gasteiger partial charge in [0.15, 0.2) is 5.69 Å². The minimum Gasteiger partial charge on any atom is -0.461 e. The molecule has 2 heterocycles. The van der Waals surface area contributed by atoms with Crippen molar-refractivity contribution < 1.29 is 9.53 Å². The number of rotatable bonds is 3. The highest BCUT2D eigenvalue weighted by Gasteiger charge is 2.29. The van der Waals surface area contributed by atoms with Gasteiger partial charge in [-0.25, -0.2) is 9.78 Å². The van der Waals surface area contributed by atoms with Crippen molar-refractivity contribution in [2.45, 2.75) is 39.5 Å². The van der Waals surface area contributed by atoms with E-state index in [1.165, 1.54) is 0 Å². The van der Waals surface area contributed by atoms with Crippen LogP contribution in [-0.2, 0) is 4.74 Å². The van der Waals surface area contributed by atoms with Crippen molar-refractivity contribution >= 4 is 19.8 Å². The van der Waals surface area contributed by atoms with Crippen molar-refractivity contribution in [1.82, 2.24) is 9.55 Å². The molecule has 0 radical (unpaired) electrons. The second-order valence-corrected chi connectivity index (χ2v) is 13.6. The van der Waals surface area contributed by atoms with Crippen LogP contribution in [0.1, 0.15) is 52.8 Å². The number of hydrogen-bond donors (Lipinski definition) is 0. The van der Waals surface area contributed by atoms with Crippen molar-refractivity contribution in [3.8, 4) is 17.2 Å². The highest BCUT2D eigenvalue weighted by molar-refractivity contribution is 6.83. The molecule has 0 saturated heterocycles. The van der Waals surface area contributed by atoms with Gasteiger partial charge in [-0.15, -0.1) is 5.54 Å².